The Hall–Kier alpha value is -0.400. The van der Waals surface area contributed by atoms with Crippen LogP contribution in [0.25, 0.3) is 0 Å². The van der Waals surface area contributed by atoms with Gasteiger partial charge in [-0.15, -0.1) is 11.6 Å². The van der Waals surface area contributed by atoms with Gasteiger partial charge in [-0.25, -0.2) is 0 Å². The molecule has 1 heterocycles. The summed E-state index contributed by atoms with van der Waals surface area (Å²) in [5.41, 5.74) is 2.51. The Morgan fingerprint density at radius 1 is 1.39 bits per heavy atom. The van der Waals surface area contributed by atoms with Crippen molar-refractivity contribution < 1.29 is 4.74 Å². The molecule has 2 rings (SSSR count). The van der Waals surface area contributed by atoms with Gasteiger partial charge in [-0.05, 0) is 41.0 Å². The van der Waals surface area contributed by atoms with Crippen molar-refractivity contribution in [2.45, 2.75) is 33.6 Å². The van der Waals surface area contributed by atoms with Gasteiger partial charge in [0.25, 0.3) is 0 Å². The van der Waals surface area contributed by atoms with Crippen molar-refractivity contribution in [3.63, 3.8) is 0 Å². The third kappa shape index (κ3) is 2.62. The minimum Gasteiger partial charge on any atom is -0.493 e. The van der Waals surface area contributed by atoms with Gasteiger partial charge in [-0.3, -0.25) is 0 Å². The Balaban J connectivity index is 2.35. The molecular weight excluding hydrogens is 267 g/mol. The predicted molar refractivity (Wildman–Crippen MR) is 78.0 cm³/mol. The number of fused-ring (bicyclic) bond motifs is 1. The van der Waals surface area contributed by atoms with Crippen molar-refractivity contribution in [1.29, 1.82) is 0 Å². The lowest BCUT2D eigenvalue weighted by atomic mass is 9.75. The summed E-state index contributed by atoms with van der Waals surface area (Å²) in [6.45, 7) is 7.43. The van der Waals surface area contributed by atoms with Crippen LogP contribution in [0.3, 0.4) is 0 Å². The number of ether oxygens (including phenoxy) is 1. The van der Waals surface area contributed by atoms with Crippen LogP contribution in [-0.2, 0) is 12.8 Å². The normalized spacial score (nSPS) is 17.4. The molecule has 1 aromatic rings. The van der Waals surface area contributed by atoms with E-state index < -0.39 is 0 Å². The highest BCUT2D eigenvalue weighted by atomic mass is 35.5. The van der Waals surface area contributed by atoms with Gasteiger partial charge >= 0.3 is 0 Å². The maximum atomic E-state index is 6.19. The zero-order valence-corrected chi connectivity index (χ0v) is 12.7. The van der Waals surface area contributed by atoms with Gasteiger partial charge in [0.1, 0.15) is 5.75 Å². The molecule has 100 valence electrons. The summed E-state index contributed by atoms with van der Waals surface area (Å²) in [5.74, 6) is 2.20. The van der Waals surface area contributed by atoms with Crippen LogP contribution < -0.4 is 4.74 Å². The Kier molecular flexibility index (Phi) is 4.13. The lowest BCUT2D eigenvalue weighted by Crippen LogP contribution is -2.28. The number of hydrogen-bond donors (Lipinski definition) is 0. The Morgan fingerprint density at radius 2 is 2.11 bits per heavy atom. The molecular formula is C15H20Cl2O. The molecule has 18 heavy (non-hydrogen) atoms. The van der Waals surface area contributed by atoms with E-state index in [0.29, 0.717) is 11.8 Å². The van der Waals surface area contributed by atoms with Gasteiger partial charge in [-0.2, -0.15) is 0 Å². The van der Waals surface area contributed by atoms with Crippen molar-refractivity contribution in [1.82, 2.24) is 0 Å². The molecule has 1 aliphatic rings. The van der Waals surface area contributed by atoms with Crippen LogP contribution in [0.1, 0.15) is 31.9 Å². The molecule has 1 atom stereocenters. The van der Waals surface area contributed by atoms with E-state index in [0.717, 1.165) is 30.2 Å². The standard InChI is InChI=1S/C15H20Cl2O/c1-10(2)15(3,9-16)8-12-7-13(17)6-11-4-5-18-14(11)12/h6-7,10H,4-5,8-9H2,1-3H3. The van der Waals surface area contributed by atoms with Crippen molar-refractivity contribution in [3.8, 4) is 5.75 Å². The van der Waals surface area contributed by atoms with Crippen LogP contribution in [0.5, 0.6) is 5.75 Å². The number of benzene rings is 1. The summed E-state index contributed by atoms with van der Waals surface area (Å²) < 4.78 is 5.75. The fourth-order valence-corrected chi connectivity index (χ4v) is 2.98. The van der Waals surface area contributed by atoms with E-state index in [1.165, 1.54) is 11.1 Å². The zero-order valence-electron chi connectivity index (χ0n) is 11.2. The molecule has 1 nitrogen and oxygen atoms in total. The summed E-state index contributed by atoms with van der Waals surface area (Å²) in [6.07, 6.45) is 1.87. The Bertz CT molecular complexity index is 442. The average Bonchev–Trinajstić information content (AvgIpc) is 2.76. The first-order valence-corrected chi connectivity index (χ1v) is 7.37. The van der Waals surface area contributed by atoms with E-state index in [4.69, 9.17) is 27.9 Å². The van der Waals surface area contributed by atoms with Crippen molar-refractivity contribution >= 4 is 23.2 Å². The summed E-state index contributed by atoms with van der Waals surface area (Å²) in [6, 6.07) is 4.04. The van der Waals surface area contributed by atoms with E-state index in [9.17, 15) is 0 Å². The Morgan fingerprint density at radius 3 is 2.72 bits per heavy atom. The summed E-state index contributed by atoms with van der Waals surface area (Å²) in [7, 11) is 0. The number of hydrogen-bond acceptors (Lipinski definition) is 1. The quantitative estimate of drug-likeness (QED) is 0.728. The first kappa shape index (κ1) is 14.0. The van der Waals surface area contributed by atoms with Crippen LogP contribution in [0.2, 0.25) is 5.02 Å². The first-order valence-electron chi connectivity index (χ1n) is 6.46. The highest BCUT2D eigenvalue weighted by Crippen LogP contribution is 2.39. The highest BCUT2D eigenvalue weighted by molar-refractivity contribution is 6.30. The number of rotatable bonds is 4. The van der Waals surface area contributed by atoms with Gasteiger partial charge < -0.3 is 4.74 Å². The molecule has 0 aromatic heterocycles. The fourth-order valence-electron chi connectivity index (χ4n) is 2.32. The monoisotopic (exact) mass is 286 g/mol. The lowest BCUT2D eigenvalue weighted by Gasteiger charge is -2.32. The van der Waals surface area contributed by atoms with Gasteiger partial charge in [-0.1, -0.05) is 32.4 Å². The summed E-state index contributed by atoms with van der Waals surface area (Å²) >= 11 is 12.4. The Labute approximate surface area is 119 Å². The molecule has 1 unspecified atom stereocenters. The molecule has 0 radical (unpaired) electrons. The van der Waals surface area contributed by atoms with Crippen LogP contribution in [0, 0.1) is 11.3 Å². The first-order chi connectivity index (χ1) is 8.46. The smallest absolute Gasteiger partial charge is 0.125 e. The van der Waals surface area contributed by atoms with E-state index in [-0.39, 0.29) is 5.41 Å². The fraction of sp³-hybridized carbons (Fsp3) is 0.600. The van der Waals surface area contributed by atoms with Gasteiger partial charge in [0.15, 0.2) is 0 Å². The SMILES string of the molecule is CC(C)C(C)(CCl)Cc1cc(Cl)cc2c1OCC2. The third-order valence-corrected chi connectivity index (χ3v) is 4.95. The predicted octanol–water partition coefficient (Wildman–Crippen LogP) is 4.72. The van der Waals surface area contributed by atoms with Gasteiger partial charge in [0.2, 0.25) is 0 Å². The maximum absolute atomic E-state index is 6.19. The molecule has 0 saturated carbocycles. The largest absolute Gasteiger partial charge is 0.493 e. The topological polar surface area (TPSA) is 9.23 Å². The average molecular weight is 287 g/mol. The highest BCUT2D eigenvalue weighted by Gasteiger charge is 2.30. The summed E-state index contributed by atoms with van der Waals surface area (Å²) in [4.78, 5) is 0. The second kappa shape index (κ2) is 5.30. The van der Waals surface area contributed by atoms with Gasteiger partial charge in [0, 0.05) is 17.3 Å². The van der Waals surface area contributed by atoms with E-state index in [1.54, 1.807) is 0 Å². The lowest BCUT2D eigenvalue weighted by molar-refractivity contribution is 0.249. The maximum Gasteiger partial charge on any atom is 0.125 e. The third-order valence-electron chi connectivity index (χ3n) is 4.12. The van der Waals surface area contributed by atoms with Crippen LogP contribution in [0.15, 0.2) is 12.1 Å². The molecule has 0 fully saturated rings. The van der Waals surface area contributed by atoms with Crippen molar-refractivity contribution in [2.75, 3.05) is 12.5 Å². The van der Waals surface area contributed by atoms with Crippen LogP contribution >= 0.6 is 23.2 Å². The minimum atomic E-state index is 0.0754. The number of halogens is 2. The zero-order chi connectivity index (χ0) is 13.3. The van der Waals surface area contributed by atoms with E-state index in [1.807, 2.05) is 12.1 Å². The summed E-state index contributed by atoms with van der Waals surface area (Å²) in [5, 5.41) is 0.801. The van der Waals surface area contributed by atoms with Crippen molar-refractivity contribution in [2.24, 2.45) is 11.3 Å². The van der Waals surface area contributed by atoms with Crippen LogP contribution in [0.4, 0.5) is 0 Å². The molecule has 0 amide bonds. The molecule has 0 N–H and O–H groups in total. The van der Waals surface area contributed by atoms with Crippen LogP contribution in [-0.4, -0.2) is 12.5 Å². The molecule has 1 aromatic carbocycles. The second-order valence-corrected chi connectivity index (χ2v) is 6.47. The van der Waals surface area contributed by atoms with E-state index in [2.05, 4.69) is 20.8 Å². The van der Waals surface area contributed by atoms with Crippen molar-refractivity contribution in [3.05, 3.63) is 28.3 Å². The molecule has 0 spiro atoms. The van der Waals surface area contributed by atoms with E-state index >= 15 is 0 Å². The molecule has 0 saturated heterocycles. The molecule has 0 bridgehead atoms. The number of alkyl halides is 1. The molecule has 3 heteroatoms. The second-order valence-electron chi connectivity index (χ2n) is 5.77. The van der Waals surface area contributed by atoms with Gasteiger partial charge in [0.05, 0.1) is 6.61 Å². The molecule has 0 aliphatic carbocycles. The minimum absolute atomic E-state index is 0.0754. The molecule has 1 aliphatic heterocycles.